The summed E-state index contributed by atoms with van der Waals surface area (Å²) in [5, 5.41) is 8.97. The smallest absolute Gasteiger partial charge is 0.345 e. The number of esters is 1. The lowest BCUT2D eigenvalue weighted by Crippen LogP contribution is -2.27. The molecule has 0 fully saturated rings. The Hall–Kier alpha value is -1.06. The summed E-state index contributed by atoms with van der Waals surface area (Å²) < 4.78 is 5.00. The summed E-state index contributed by atoms with van der Waals surface area (Å²) >= 11 is 0. The van der Waals surface area contributed by atoms with Crippen LogP contribution in [0.1, 0.15) is 71.6 Å². The number of ether oxygens (including phenoxy) is 1. The van der Waals surface area contributed by atoms with E-state index < -0.39 is 12.1 Å². The van der Waals surface area contributed by atoms with Crippen LogP contribution < -0.4 is 0 Å². The van der Waals surface area contributed by atoms with Crippen molar-refractivity contribution in [2.24, 2.45) is 0 Å². The predicted octanol–water partition coefficient (Wildman–Crippen LogP) is 3.53. The molecular weight excluding hydrogens is 232 g/mol. The molecule has 18 heavy (non-hydrogen) atoms. The minimum atomic E-state index is -1.03. The fourth-order valence-corrected chi connectivity index (χ4v) is 1.73. The van der Waals surface area contributed by atoms with E-state index in [2.05, 4.69) is 13.8 Å². The second-order valence-corrected chi connectivity index (χ2v) is 4.62. The molecule has 0 saturated carbocycles. The van der Waals surface area contributed by atoms with Crippen LogP contribution in [0, 0.1) is 0 Å². The number of hydrogen-bond acceptors (Lipinski definition) is 3. The molecular formula is C14H26O4. The molecule has 0 spiro atoms. The Kier molecular flexibility index (Phi) is 10.4. The molecule has 0 radical (unpaired) electrons. The number of carbonyl (C=O) groups is 2. The number of unbranched alkanes of at least 4 members (excludes halogenated alkanes) is 5. The standard InChI is InChI=1S/C14H26O4/c1-3-5-7-9-10-12(14(16)17)18-13(15)11-8-6-4-2/h12H,3-11H2,1-2H3,(H,16,17). The Labute approximate surface area is 110 Å². The fraction of sp³-hybridized carbons (Fsp3) is 0.857. The van der Waals surface area contributed by atoms with Crippen molar-refractivity contribution >= 4 is 11.9 Å². The number of carboxylic acid groups (broad SMARTS) is 1. The molecule has 1 unspecified atom stereocenters. The van der Waals surface area contributed by atoms with Crippen molar-refractivity contribution in [3.8, 4) is 0 Å². The molecule has 0 aromatic rings. The molecule has 4 heteroatoms. The lowest BCUT2D eigenvalue weighted by atomic mass is 10.1. The highest BCUT2D eigenvalue weighted by Crippen LogP contribution is 2.10. The van der Waals surface area contributed by atoms with Gasteiger partial charge in [0.25, 0.3) is 0 Å². The van der Waals surface area contributed by atoms with Gasteiger partial charge in [0.2, 0.25) is 0 Å². The van der Waals surface area contributed by atoms with Gasteiger partial charge in [-0.3, -0.25) is 4.79 Å². The van der Waals surface area contributed by atoms with Crippen molar-refractivity contribution in [3.63, 3.8) is 0 Å². The third-order valence-corrected chi connectivity index (χ3v) is 2.85. The summed E-state index contributed by atoms with van der Waals surface area (Å²) in [4.78, 5) is 22.4. The minimum Gasteiger partial charge on any atom is -0.479 e. The summed E-state index contributed by atoms with van der Waals surface area (Å²) in [6, 6.07) is 0. The molecule has 0 aromatic carbocycles. The van der Waals surface area contributed by atoms with Gasteiger partial charge in [0.05, 0.1) is 0 Å². The van der Waals surface area contributed by atoms with Crippen LogP contribution in [0.25, 0.3) is 0 Å². The summed E-state index contributed by atoms with van der Waals surface area (Å²) in [5.41, 5.74) is 0. The van der Waals surface area contributed by atoms with E-state index >= 15 is 0 Å². The normalized spacial score (nSPS) is 12.1. The van der Waals surface area contributed by atoms with Crippen molar-refractivity contribution < 1.29 is 19.4 Å². The van der Waals surface area contributed by atoms with E-state index in [0.717, 1.165) is 44.9 Å². The fourth-order valence-electron chi connectivity index (χ4n) is 1.73. The largest absolute Gasteiger partial charge is 0.479 e. The first-order valence-electron chi connectivity index (χ1n) is 7.04. The van der Waals surface area contributed by atoms with Crippen LogP contribution in [0.5, 0.6) is 0 Å². The minimum absolute atomic E-state index is 0.326. The van der Waals surface area contributed by atoms with Crippen molar-refractivity contribution in [1.82, 2.24) is 0 Å². The van der Waals surface area contributed by atoms with Crippen LogP contribution in [0.2, 0.25) is 0 Å². The van der Waals surface area contributed by atoms with Gasteiger partial charge in [0.1, 0.15) is 0 Å². The highest BCUT2D eigenvalue weighted by Gasteiger charge is 2.21. The van der Waals surface area contributed by atoms with Gasteiger partial charge in [-0.2, -0.15) is 0 Å². The van der Waals surface area contributed by atoms with Crippen molar-refractivity contribution in [2.45, 2.75) is 77.7 Å². The first-order chi connectivity index (χ1) is 8.61. The van der Waals surface area contributed by atoms with Crippen molar-refractivity contribution in [1.29, 1.82) is 0 Å². The molecule has 0 aliphatic rings. The second kappa shape index (κ2) is 11.1. The lowest BCUT2D eigenvalue weighted by Gasteiger charge is -2.13. The van der Waals surface area contributed by atoms with Gasteiger partial charge in [-0.05, 0) is 19.3 Å². The first-order valence-corrected chi connectivity index (χ1v) is 7.04. The molecule has 0 rings (SSSR count). The zero-order valence-electron chi connectivity index (χ0n) is 11.6. The Balaban J connectivity index is 3.88. The molecule has 4 nitrogen and oxygen atoms in total. The molecule has 1 atom stereocenters. The van der Waals surface area contributed by atoms with Crippen LogP contribution in [0.15, 0.2) is 0 Å². The molecule has 0 aromatic heterocycles. The Bertz CT molecular complexity index is 238. The van der Waals surface area contributed by atoms with E-state index in [9.17, 15) is 9.59 Å². The monoisotopic (exact) mass is 258 g/mol. The Morgan fingerprint density at radius 1 is 1.00 bits per heavy atom. The molecule has 0 amide bonds. The molecule has 1 N–H and O–H groups in total. The van der Waals surface area contributed by atoms with E-state index in [1.165, 1.54) is 0 Å². The van der Waals surface area contributed by atoms with Gasteiger partial charge >= 0.3 is 11.9 Å². The number of carboxylic acids is 1. The molecule has 106 valence electrons. The number of rotatable bonds is 11. The van der Waals surface area contributed by atoms with Gasteiger partial charge in [-0.25, -0.2) is 4.79 Å². The highest BCUT2D eigenvalue weighted by molar-refractivity contribution is 5.77. The third-order valence-electron chi connectivity index (χ3n) is 2.85. The van der Waals surface area contributed by atoms with E-state index in [-0.39, 0.29) is 5.97 Å². The molecule has 0 bridgehead atoms. The summed E-state index contributed by atoms with van der Waals surface area (Å²) in [5.74, 6) is -1.42. The number of aliphatic carboxylic acids is 1. The zero-order valence-corrected chi connectivity index (χ0v) is 11.6. The van der Waals surface area contributed by atoms with Gasteiger partial charge in [-0.1, -0.05) is 46.0 Å². The molecule has 0 aliphatic heterocycles. The van der Waals surface area contributed by atoms with E-state index in [1.54, 1.807) is 0 Å². The third kappa shape index (κ3) is 9.02. The van der Waals surface area contributed by atoms with Gasteiger partial charge in [0, 0.05) is 6.42 Å². The molecule has 0 heterocycles. The number of carbonyl (C=O) groups excluding carboxylic acids is 1. The second-order valence-electron chi connectivity index (χ2n) is 4.62. The average molecular weight is 258 g/mol. The first kappa shape index (κ1) is 16.9. The van der Waals surface area contributed by atoms with Gasteiger partial charge in [0.15, 0.2) is 6.10 Å². The lowest BCUT2D eigenvalue weighted by molar-refractivity contribution is -0.164. The van der Waals surface area contributed by atoms with Crippen LogP contribution in [-0.2, 0) is 14.3 Å². The van der Waals surface area contributed by atoms with E-state index in [4.69, 9.17) is 9.84 Å². The molecule has 0 saturated heterocycles. The highest BCUT2D eigenvalue weighted by atomic mass is 16.6. The topological polar surface area (TPSA) is 63.6 Å². The van der Waals surface area contributed by atoms with Gasteiger partial charge in [-0.15, -0.1) is 0 Å². The van der Waals surface area contributed by atoms with Crippen molar-refractivity contribution in [2.75, 3.05) is 0 Å². The van der Waals surface area contributed by atoms with Crippen molar-refractivity contribution in [3.05, 3.63) is 0 Å². The summed E-state index contributed by atoms with van der Waals surface area (Å²) in [6.07, 6.45) is 6.57. The summed E-state index contributed by atoms with van der Waals surface area (Å²) in [6.45, 7) is 4.15. The summed E-state index contributed by atoms with van der Waals surface area (Å²) in [7, 11) is 0. The number of hydrogen-bond donors (Lipinski definition) is 1. The zero-order chi connectivity index (χ0) is 13.8. The maximum Gasteiger partial charge on any atom is 0.345 e. The van der Waals surface area contributed by atoms with Crippen LogP contribution in [0.4, 0.5) is 0 Å². The predicted molar refractivity (Wildman–Crippen MR) is 70.4 cm³/mol. The molecule has 0 aliphatic carbocycles. The quantitative estimate of drug-likeness (QED) is 0.455. The Morgan fingerprint density at radius 3 is 2.17 bits per heavy atom. The van der Waals surface area contributed by atoms with Crippen LogP contribution in [0.3, 0.4) is 0 Å². The maximum absolute atomic E-state index is 11.4. The van der Waals surface area contributed by atoms with Crippen LogP contribution >= 0.6 is 0 Å². The maximum atomic E-state index is 11.4. The van der Waals surface area contributed by atoms with E-state index in [1.807, 2.05) is 0 Å². The SMILES string of the molecule is CCCCCCC(OC(=O)CCCCC)C(=O)O. The van der Waals surface area contributed by atoms with E-state index in [0.29, 0.717) is 12.8 Å². The Morgan fingerprint density at radius 2 is 1.61 bits per heavy atom. The van der Waals surface area contributed by atoms with Gasteiger partial charge < -0.3 is 9.84 Å². The average Bonchev–Trinajstić information content (AvgIpc) is 2.33. The van der Waals surface area contributed by atoms with Crippen LogP contribution in [-0.4, -0.2) is 23.1 Å².